The lowest BCUT2D eigenvalue weighted by atomic mass is 10.00. The second kappa shape index (κ2) is 19.7. The average Bonchev–Trinajstić information content (AvgIpc) is 3.76. The molecule has 5 rings (SSSR count). The van der Waals surface area contributed by atoms with Crippen molar-refractivity contribution in [1.29, 1.82) is 0 Å². The third-order valence-corrected chi connectivity index (χ3v) is 10.5. The lowest BCUT2D eigenvalue weighted by Crippen LogP contribution is -2.52. The SMILES string of the molecule is CCC(CCN(C)C)C(=O)N1CCN(C(=O)c2ccc(NC(=O)c3ncc(-c4ccc(-c5cn(CC(=O)N/C(C)=C/C=C\NC)nc5C)c(F)c4F)n3C)cc2Cl)CC1. The molecule has 0 saturated carbocycles. The molecule has 0 aliphatic carbocycles. The molecule has 1 atom stereocenters. The first-order chi connectivity index (χ1) is 28.1. The molecule has 0 spiro atoms. The molecule has 3 heterocycles. The van der Waals surface area contributed by atoms with E-state index in [9.17, 15) is 19.2 Å². The van der Waals surface area contributed by atoms with Gasteiger partial charge in [-0.15, -0.1) is 0 Å². The highest BCUT2D eigenvalue weighted by Gasteiger charge is 2.30. The molecule has 4 aromatic rings. The molecular formula is C42H51ClF2N10O4. The molecule has 3 N–H and O–H groups in total. The lowest BCUT2D eigenvalue weighted by Gasteiger charge is -2.36. The number of halogens is 3. The number of amides is 4. The number of aryl methyl sites for hydroxylation is 1. The van der Waals surface area contributed by atoms with Gasteiger partial charge in [0, 0.05) is 80.5 Å². The zero-order valence-electron chi connectivity index (χ0n) is 34.4. The monoisotopic (exact) mass is 832 g/mol. The van der Waals surface area contributed by atoms with Crippen LogP contribution in [0, 0.1) is 24.5 Å². The molecule has 1 fully saturated rings. The fourth-order valence-electron chi connectivity index (χ4n) is 6.85. The minimum absolute atomic E-state index is 0.0451. The minimum Gasteiger partial charge on any atom is -0.394 e. The van der Waals surface area contributed by atoms with Crippen LogP contribution in [-0.2, 0) is 23.2 Å². The van der Waals surface area contributed by atoms with Crippen molar-refractivity contribution in [2.24, 2.45) is 13.0 Å². The molecule has 1 saturated heterocycles. The highest BCUT2D eigenvalue weighted by Crippen LogP contribution is 2.33. The number of anilines is 1. The van der Waals surface area contributed by atoms with Crippen LogP contribution in [0.25, 0.3) is 22.4 Å². The Hall–Kier alpha value is -5.87. The highest BCUT2D eigenvalue weighted by atomic mass is 35.5. The number of nitrogens with one attached hydrogen (secondary N) is 3. The molecule has 17 heteroatoms. The van der Waals surface area contributed by atoms with Crippen molar-refractivity contribution >= 4 is 40.9 Å². The van der Waals surface area contributed by atoms with Crippen LogP contribution in [0.5, 0.6) is 0 Å². The Bertz CT molecular complexity index is 2260. The van der Waals surface area contributed by atoms with Gasteiger partial charge in [-0.1, -0.05) is 24.6 Å². The standard InChI is InChI=1S/C42H51ClF2N10O4/c1-8-28(15-17-51(5)6)41(58)53-18-20-54(21-19-53)42(59)31-12-11-29(22-34(31)43)49-40(57)39-47-23-35(52(39)7)32-14-13-30(37(44)38(32)45)33-24-55(50-27(33)3)25-36(56)48-26(2)10-9-16-46-4/h9-14,16,22-24,28,46H,8,15,17-21,25H2,1-7H3,(H,48,56)(H,49,57)/b16-9-,26-10+. The Labute approximate surface area is 347 Å². The van der Waals surface area contributed by atoms with Gasteiger partial charge in [0.2, 0.25) is 11.8 Å². The van der Waals surface area contributed by atoms with Crippen LogP contribution < -0.4 is 16.0 Å². The first-order valence-corrected chi connectivity index (χ1v) is 19.7. The Balaban J connectivity index is 1.22. The maximum absolute atomic E-state index is 15.7. The van der Waals surface area contributed by atoms with Crippen LogP contribution in [0.3, 0.4) is 0 Å². The lowest BCUT2D eigenvalue weighted by molar-refractivity contribution is -0.137. The van der Waals surface area contributed by atoms with E-state index >= 15 is 8.78 Å². The van der Waals surface area contributed by atoms with E-state index in [1.165, 1.54) is 53.0 Å². The number of imidazole rings is 1. The second-order valence-corrected chi connectivity index (χ2v) is 15.1. The molecule has 1 aliphatic heterocycles. The van der Waals surface area contributed by atoms with Crippen molar-refractivity contribution in [3.05, 3.63) is 101 Å². The van der Waals surface area contributed by atoms with Gasteiger partial charge in [-0.25, -0.2) is 13.8 Å². The number of piperazine rings is 1. The van der Waals surface area contributed by atoms with Crippen molar-refractivity contribution < 1.29 is 28.0 Å². The summed E-state index contributed by atoms with van der Waals surface area (Å²) in [4.78, 5) is 62.2. The summed E-state index contributed by atoms with van der Waals surface area (Å²) < 4.78 is 34.1. The summed E-state index contributed by atoms with van der Waals surface area (Å²) in [6.45, 7) is 7.68. The van der Waals surface area contributed by atoms with Gasteiger partial charge in [0.15, 0.2) is 17.5 Å². The molecule has 2 aromatic heterocycles. The Morgan fingerprint density at radius 1 is 1.00 bits per heavy atom. The van der Waals surface area contributed by atoms with E-state index in [0.29, 0.717) is 48.8 Å². The summed E-state index contributed by atoms with van der Waals surface area (Å²) in [6, 6.07) is 7.34. The number of nitrogens with zero attached hydrogens (tertiary/aromatic N) is 7. The molecular weight excluding hydrogens is 782 g/mol. The van der Waals surface area contributed by atoms with Crippen LogP contribution in [0.1, 0.15) is 53.4 Å². The van der Waals surface area contributed by atoms with Crippen molar-refractivity contribution in [1.82, 2.24) is 44.7 Å². The molecule has 59 heavy (non-hydrogen) atoms. The van der Waals surface area contributed by atoms with Gasteiger partial charge < -0.3 is 35.2 Å². The molecule has 1 aliphatic rings. The zero-order chi connectivity index (χ0) is 43.0. The smallest absolute Gasteiger partial charge is 0.291 e. The van der Waals surface area contributed by atoms with E-state index in [1.54, 1.807) is 50.2 Å². The number of carbonyl (C=O) groups is 4. The summed E-state index contributed by atoms with van der Waals surface area (Å²) in [5, 5.41) is 12.8. The maximum Gasteiger partial charge on any atom is 0.291 e. The second-order valence-electron chi connectivity index (χ2n) is 14.6. The first kappa shape index (κ1) is 44.2. The molecule has 14 nitrogen and oxygen atoms in total. The van der Waals surface area contributed by atoms with E-state index in [4.69, 9.17) is 11.6 Å². The highest BCUT2D eigenvalue weighted by molar-refractivity contribution is 6.34. The van der Waals surface area contributed by atoms with Crippen molar-refractivity contribution in [2.75, 3.05) is 59.2 Å². The minimum atomic E-state index is -1.15. The van der Waals surface area contributed by atoms with Crippen LogP contribution in [0.2, 0.25) is 5.02 Å². The first-order valence-electron chi connectivity index (χ1n) is 19.3. The van der Waals surface area contributed by atoms with Gasteiger partial charge in [-0.3, -0.25) is 23.9 Å². The van der Waals surface area contributed by atoms with E-state index in [0.717, 1.165) is 19.4 Å². The van der Waals surface area contributed by atoms with Crippen LogP contribution in [0.15, 0.2) is 66.8 Å². The normalized spacial score (nSPS) is 13.9. The van der Waals surface area contributed by atoms with E-state index in [1.807, 2.05) is 25.9 Å². The third-order valence-electron chi connectivity index (χ3n) is 10.1. The van der Waals surface area contributed by atoms with Gasteiger partial charge >= 0.3 is 0 Å². The number of carbonyl (C=O) groups excluding carboxylic acids is 4. The summed E-state index contributed by atoms with van der Waals surface area (Å²) >= 11 is 6.55. The van der Waals surface area contributed by atoms with Crippen LogP contribution in [0.4, 0.5) is 14.5 Å². The fraction of sp³-hybridized carbons (Fsp3) is 0.381. The summed E-state index contributed by atoms with van der Waals surface area (Å²) in [5.41, 5.74) is 1.86. The van der Waals surface area contributed by atoms with Gasteiger partial charge in [0.05, 0.1) is 28.2 Å². The molecule has 4 amide bonds. The molecule has 314 valence electrons. The summed E-state index contributed by atoms with van der Waals surface area (Å²) in [7, 11) is 7.23. The van der Waals surface area contributed by atoms with E-state index in [2.05, 4.69) is 30.9 Å². The van der Waals surface area contributed by atoms with Crippen molar-refractivity contribution in [3.63, 3.8) is 0 Å². The molecule has 0 bridgehead atoms. The number of hydrogen-bond acceptors (Lipinski definition) is 8. The van der Waals surface area contributed by atoms with Gasteiger partial charge in [-0.2, -0.15) is 5.10 Å². The largest absolute Gasteiger partial charge is 0.394 e. The predicted octanol–water partition coefficient (Wildman–Crippen LogP) is 5.46. The van der Waals surface area contributed by atoms with Gasteiger partial charge in [0.25, 0.3) is 11.8 Å². The number of benzene rings is 2. The van der Waals surface area contributed by atoms with Crippen LogP contribution >= 0.6 is 11.6 Å². The van der Waals surface area contributed by atoms with E-state index < -0.39 is 17.5 Å². The zero-order valence-corrected chi connectivity index (χ0v) is 35.2. The number of aromatic nitrogens is 4. The number of allylic oxidation sites excluding steroid dienone is 3. The number of rotatable bonds is 15. The maximum atomic E-state index is 15.7. The Morgan fingerprint density at radius 3 is 2.34 bits per heavy atom. The quantitative estimate of drug-likeness (QED) is 0.134. The van der Waals surface area contributed by atoms with Gasteiger partial charge in [-0.05, 0) is 89.9 Å². The molecule has 2 aromatic carbocycles. The molecule has 1 unspecified atom stereocenters. The predicted molar refractivity (Wildman–Crippen MR) is 223 cm³/mol. The molecule has 0 radical (unpaired) electrons. The Morgan fingerprint density at radius 2 is 1.68 bits per heavy atom. The van der Waals surface area contributed by atoms with Crippen molar-refractivity contribution in [2.45, 2.75) is 40.2 Å². The van der Waals surface area contributed by atoms with Crippen LogP contribution in [-0.4, -0.2) is 112 Å². The van der Waals surface area contributed by atoms with E-state index in [-0.39, 0.29) is 63.4 Å². The summed E-state index contributed by atoms with van der Waals surface area (Å²) in [5.74, 6) is -3.57. The van der Waals surface area contributed by atoms with Gasteiger partial charge in [0.1, 0.15) is 6.54 Å². The van der Waals surface area contributed by atoms with Crippen molar-refractivity contribution in [3.8, 4) is 22.4 Å². The fourth-order valence-corrected chi connectivity index (χ4v) is 7.12. The number of hydrogen-bond donors (Lipinski definition) is 3. The average molecular weight is 833 g/mol. The Kier molecular flexibility index (Phi) is 14.8. The third kappa shape index (κ3) is 10.6. The topological polar surface area (TPSA) is 150 Å². The summed E-state index contributed by atoms with van der Waals surface area (Å²) in [6.07, 6.45) is 9.45.